The van der Waals surface area contributed by atoms with Crippen LogP contribution in [0.4, 0.5) is 0 Å². The number of sulfonamides is 1. The van der Waals surface area contributed by atoms with Crippen molar-refractivity contribution in [3.05, 3.63) is 23.8 Å². The second-order valence-electron chi connectivity index (χ2n) is 5.67. The molecule has 5 heteroatoms. The van der Waals surface area contributed by atoms with E-state index >= 15 is 0 Å². The van der Waals surface area contributed by atoms with Crippen molar-refractivity contribution in [2.24, 2.45) is 11.8 Å². The van der Waals surface area contributed by atoms with Gasteiger partial charge in [0.2, 0.25) is 10.0 Å². The lowest BCUT2D eigenvalue weighted by Crippen LogP contribution is -2.43. The molecule has 0 aromatic heterocycles. The van der Waals surface area contributed by atoms with E-state index in [1.165, 1.54) is 12.2 Å². The van der Waals surface area contributed by atoms with Crippen LogP contribution in [0.15, 0.2) is 23.8 Å². The van der Waals surface area contributed by atoms with Crippen molar-refractivity contribution < 1.29 is 13.2 Å². The van der Waals surface area contributed by atoms with Gasteiger partial charge in [-0.1, -0.05) is 32.1 Å². The summed E-state index contributed by atoms with van der Waals surface area (Å²) in [7, 11) is -3.31. The molecule has 0 spiro atoms. The molecule has 1 saturated heterocycles. The van der Waals surface area contributed by atoms with Gasteiger partial charge in [0.15, 0.2) is 0 Å². The molecule has 21 heavy (non-hydrogen) atoms. The van der Waals surface area contributed by atoms with E-state index in [0.29, 0.717) is 43.2 Å². The van der Waals surface area contributed by atoms with E-state index in [4.69, 9.17) is 6.42 Å². The molecule has 0 amide bonds. The number of carbonyl (C=O) groups excluding carboxylic acids is 1. The summed E-state index contributed by atoms with van der Waals surface area (Å²) in [5.41, 5.74) is 0.406. The van der Waals surface area contributed by atoms with Gasteiger partial charge in [-0.3, -0.25) is 4.79 Å². The van der Waals surface area contributed by atoms with Gasteiger partial charge >= 0.3 is 0 Å². The molecule has 0 radical (unpaired) electrons. The summed E-state index contributed by atoms with van der Waals surface area (Å²) in [6.07, 6.45) is 11.8. The minimum atomic E-state index is -3.31. The highest BCUT2D eigenvalue weighted by Crippen LogP contribution is 2.23. The molecule has 1 heterocycles. The Morgan fingerprint density at radius 3 is 2.48 bits per heavy atom. The maximum Gasteiger partial charge on any atom is 0.217 e. The summed E-state index contributed by atoms with van der Waals surface area (Å²) in [6.45, 7) is 5.30. The Bertz CT molecular complexity index is 545. The minimum Gasteiger partial charge on any atom is -0.298 e. The number of nitrogens with zero attached hydrogens (tertiary/aromatic N) is 1. The smallest absolute Gasteiger partial charge is 0.217 e. The average molecular weight is 309 g/mol. The summed E-state index contributed by atoms with van der Waals surface area (Å²) in [4.78, 5) is 10.8. The highest BCUT2D eigenvalue weighted by atomic mass is 32.2. The van der Waals surface area contributed by atoms with Gasteiger partial charge in [-0.2, -0.15) is 0 Å². The highest BCUT2D eigenvalue weighted by Gasteiger charge is 2.29. The molecule has 1 aliphatic heterocycles. The first kappa shape index (κ1) is 17.7. The molecule has 0 aliphatic carbocycles. The maximum absolute atomic E-state index is 12.3. The number of terminal acetylenes is 1. The lowest BCUT2D eigenvalue weighted by atomic mass is 9.94. The van der Waals surface area contributed by atoms with Crippen molar-refractivity contribution in [3.8, 4) is 12.3 Å². The monoisotopic (exact) mass is 309 g/mol. The number of allylic oxidation sites excluding steroid dienone is 3. The number of hydrogen-bond acceptors (Lipinski definition) is 3. The zero-order valence-corrected chi connectivity index (χ0v) is 13.5. The second-order valence-corrected chi connectivity index (χ2v) is 7.69. The van der Waals surface area contributed by atoms with Gasteiger partial charge < -0.3 is 0 Å². The van der Waals surface area contributed by atoms with Crippen molar-refractivity contribution in [3.63, 3.8) is 0 Å². The molecular formula is C16H23NO3S. The van der Waals surface area contributed by atoms with Crippen molar-refractivity contribution >= 4 is 16.3 Å². The molecule has 0 aromatic carbocycles. The molecule has 1 aliphatic rings. The first-order valence-electron chi connectivity index (χ1n) is 7.12. The van der Waals surface area contributed by atoms with Crippen molar-refractivity contribution in [2.45, 2.75) is 26.7 Å². The molecule has 4 nitrogen and oxygen atoms in total. The Morgan fingerprint density at radius 1 is 1.33 bits per heavy atom. The fourth-order valence-corrected chi connectivity index (χ4v) is 4.09. The van der Waals surface area contributed by atoms with E-state index in [1.54, 1.807) is 10.4 Å². The predicted octanol–water partition coefficient (Wildman–Crippen LogP) is 2.00. The number of hydrogen-bond donors (Lipinski definition) is 0. The van der Waals surface area contributed by atoms with Gasteiger partial charge in [0.05, 0.1) is 5.75 Å². The SMILES string of the molecule is C#CC/C=C(C=O)\C=C/CS(=O)(=O)N1CC(C)CC(C)C1. The van der Waals surface area contributed by atoms with E-state index in [1.807, 2.05) is 0 Å². The normalized spacial score (nSPS) is 24.9. The highest BCUT2D eigenvalue weighted by molar-refractivity contribution is 7.89. The van der Waals surface area contributed by atoms with Crippen LogP contribution in [0, 0.1) is 24.2 Å². The predicted molar refractivity (Wildman–Crippen MR) is 85.0 cm³/mol. The largest absolute Gasteiger partial charge is 0.298 e. The fourth-order valence-electron chi connectivity index (χ4n) is 2.58. The van der Waals surface area contributed by atoms with Gasteiger partial charge in [0, 0.05) is 25.1 Å². The van der Waals surface area contributed by atoms with Crippen molar-refractivity contribution in [1.29, 1.82) is 0 Å². The van der Waals surface area contributed by atoms with Crippen molar-refractivity contribution in [1.82, 2.24) is 4.31 Å². The Hall–Kier alpha value is -1.38. The topological polar surface area (TPSA) is 54.5 Å². The lowest BCUT2D eigenvalue weighted by Gasteiger charge is -2.33. The number of carbonyl (C=O) groups is 1. The van der Waals surface area contributed by atoms with E-state index in [0.717, 1.165) is 6.42 Å². The van der Waals surface area contributed by atoms with Gasteiger partial charge in [-0.15, -0.1) is 12.3 Å². The molecule has 1 fully saturated rings. The summed E-state index contributed by atoms with van der Waals surface area (Å²) >= 11 is 0. The van der Waals surface area contributed by atoms with E-state index < -0.39 is 10.0 Å². The molecule has 2 atom stereocenters. The zero-order chi connectivity index (χ0) is 15.9. The number of rotatable bonds is 6. The average Bonchev–Trinajstić information content (AvgIpc) is 2.41. The first-order chi connectivity index (χ1) is 9.89. The van der Waals surface area contributed by atoms with Crippen LogP contribution < -0.4 is 0 Å². The molecule has 0 bridgehead atoms. The molecule has 2 unspecified atom stereocenters. The summed E-state index contributed by atoms with van der Waals surface area (Å²) in [6, 6.07) is 0. The van der Waals surface area contributed by atoms with Gasteiger partial charge in [-0.25, -0.2) is 12.7 Å². The Labute approximate surface area is 128 Å². The summed E-state index contributed by atoms with van der Waals surface area (Å²) < 4.78 is 26.1. The van der Waals surface area contributed by atoms with Gasteiger partial charge in [0.1, 0.15) is 6.29 Å². The van der Waals surface area contributed by atoms with Gasteiger partial charge in [-0.05, 0) is 18.3 Å². The fraction of sp³-hybridized carbons (Fsp3) is 0.562. The van der Waals surface area contributed by atoms with E-state index in [-0.39, 0.29) is 5.75 Å². The van der Waals surface area contributed by atoms with Crippen LogP contribution in [-0.4, -0.2) is 37.9 Å². The number of aldehydes is 1. The van der Waals surface area contributed by atoms with Crippen LogP contribution in [0.1, 0.15) is 26.7 Å². The van der Waals surface area contributed by atoms with E-state index in [2.05, 4.69) is 19.8 Å². The standard InChI is InChI=1S/C16H23NO3S/c1-4-5-7-16(13-18)8-6-9-21(19,20)17-11-14(2)10-15(3)12-17/h1,6-8,13-15H,5,9-12H2,2-3H3/b8-6-,16-7+. The molecule has 116 valence electrons. The van der Waals surface area contributed by atoms with Crippen LogP contribution in [0.5, 0.6) is 0 Å². The summed E-state index contributed by atoms with van der Waals surface area (Å²) in [5, 5.41) is 0. The molecule has 1 rings (SSSR count). The Balaban J connectivity index is 2.68. The third-order valence-corrected chi connectivity index (χ3v) is 5.14. The van der Waals surface area contributed by atoms with Crippen LogP contribution in [-0.2, 0) is 14.8 Å². The maximum atomic E-state index is 12.3. The quantitative estimate of drug-likeness (QED) is 0.326. The van der Waals surface area contributed by atoms with Crippen molar-refractivity contribution in [2.75, 3.05) is 18.8 Å². The lowest BCUT2D eigenvalue weighted by molar-refractivity contribution is -0.104. The Kier molecular flexibility index (Phi) is 6.86. The zero-order valence-electron chi connectivity index (χ0n) is 12.7. The van der Waals surface area contributed by atoms with Crippen LogP contribution in [0.3, 0.4) is 0 Å². The molecular weight excluding hydrogens is 286 g/mol. The second kappa shape index (κ2) is 8.16. The van der Waals surface area contributed by atoms with Crippen LogP contribution in [0.2, 0.25) is 0 Å². The summed E-state index contributed by atoms with van der Waals surface area (Å²) in [5.74, 6) is 3.08. The minimum absolute atomic E-state index is 0.0896. The first-order valence-corrected chi connectivity index (χ1v) is 8.73. The third-order valence-electron chi connectivity index (χ3n) is 3.44. The van der Waals surface area contributed by atoms with E-state index in [9.17, 15) is 13.2 Å². The van der Waals surface area contributed by atoms with Crippen LogP contribution in [0.25, 0.3) is 0 Å². The Morgan fingerprint density at radius 2 is 1.95 bits per heavy atom. The van der Waals surface area contributed by atoms with Gasteiger partial charge in [0.25, 0.3) is 0 Å². The third kappa shape index (κ3) is 5.86. The molecule has 0 saturated carbocycles. The number of piperidine rings is 1. The van der Waals surface area contributed by atoms with Crippen LogP contribution >= 0.6 is 0 Å². The molecule has 0 N–H and O–H groups in total. The molecule has 0 aromatic rings.